The molecule has 2 N–H and O–H groups in total. The van der Waals surface area contributed by atoms with Crippen molar-refractivity contribution in [2.24, 2.45) is 0 Å². The summed E-state index contributed by atoms with van der Waals surface area (Å²) in [7, 11) is 0. The Balaban J connectivity index is 3.20. The molecular formula is C10H19NO3S. The third-order valence-corrected chi connectivity index (χ3v) is 2.88. The number of amides is 1. The van der Waals surface area contributed by atoms with Crippen LogP contribution in [0.3, 0.4) is 0 Å². The molecule has 0 spiro atoms. The van der Waals surface area contributed by atoms with Gasteiger partial charge in [0, 0.05) is 13.0 Å². The first-order chi connectivity index (χ1) is 7.16. The predicted molar refractivity (Wildman–Crippen MR) is 62.1 cm³/mol. The van der Waals surface area contributed by atoms with Gasteiger partial charge >= 0.3 is 5.97 Å². The van der Waals surface area contributed by atoms with E-state index >= 15 is 0 Å². The van der Waals surface area contributed by atoms with Crippen molar-refractivity contribution in [3.8, 4) is 0 Å². The highest BCUT2D eigenvalue weighted by Gasteiger charge is 2.00. The lowest BCUT2D eigenvalue weighted by atomic mass is 10.2. The summed E-state index contributed by atoms with van der Waals surface area (Å²) < 4.78 is 0. The summed E-state index contributed by atoms with van der Waals surface area (Å²) in [6, 6.07) is 0. The number of hydrogen-bond donors (Lipinski definition) is 2. The number of rotatable bonds is 9. The molecule has 0 saturated carbocycles. The molecule has 0 saturated heterocycles. The normalized spacial score (nSPS) is 9.93. The van der Waals surface area contributed by atoms with Gasteiger partial charge in [0.2, 0.25) is 5.91 Å². The minimum Gasteiger partial charge on any atom is -0.481 e. The summed E-state index contributed by atoms with van der Waals surface area (Å²) in [5.41, 5.74) is 0. The largest absolute Gasteiger partial charge is 0.481 e. The molecule has 0 aliphatic carbocycles. The third-order valence-electron chi connectivity index (χ3n) is 1.72. The molecule has 4 nitrogen and oxygen atoms in total. The number of aliphatic carboxylic acids is 1. The molecular weight excluding hydrogens is 214 g/mol. The average molecular weight is 233 g/mol. The lowest BCUT2D eigenvalue weighted by Gasteiger charge is -2.03. The molecule has 0 fully saturated rings. The summed E-state index contributed by atoms with van der Waals surface area (Å²) >= 11 is 1.62. The van der Waals surface area contributed by atoms with Gasteiger partial charge in [-0.05, 0) is 25.0 Å². The van der Waals surface area contributed by atoms with Crippen LogP contribution < -0.4 is 5.32 Å². The number of nitrogens with one attached hydrogen (secondary N) is 1. The van der Waals surface area contributed by atoms with Gasteiger partial charge in [-0.2, -0.15) is 11.8 Å². The summed E-state index contributed by atoms with van der Waals surface area (Å²) in [6.45, 7) is 2.66. The fourth-order valence-electron chi connectivity index (χ4n) is 0.989. The molecule has 88 valence electrons. The van der Waals surface area contributed by atoms with E-state index in [1.165, 1.54) is 0 Å². The Morgan fingerprint density at radius 3 is 2.67 bits per heavy atom. The maximum Gasteiger partial charge on any atom is 0.303 e. The molecule has 0 heterocycles. The maximum absolute atomic E-state index is 11.2. The molecule has 0 aromatic carbocycles. The second-order valence-corrected chi connectivity index (χ2v) is 4.36. The van der Waals surface area contributed by atoms with Crippen LogP contribution in [0, 0.1) is 0 Å². The highest BCUT2D eigenvalue weighted by molar-refractivity contribution is 7.99. The van der Waals surface area contributed by atoms with Gasteiger partial charge in [-0.3, -0.25) is 9.59 Å². The minimum atomic E-state index is -0.778. The van der Waals surface area contributed by atoms with Crippen molar-refractivity contribution in [3.63, 3.8) is 0 Å². The van der Waals surface area contributed by atoms with Gasteiger partial charge in [0.1, 0.15) is 0 Å². The molecule has 0 aliphatic rings. The fourth-order valence-corrected chi connectivity index (χ4v) is 1.71. The number of carbonyl (C=O) groups excluding carboxylic acids is 1. The topological polar surface area (TPSA) is 66.4 Å². The van der Waals surface area contributed by atoms with Crippen molar-refractivity contribution in [1.29, 1.82) is 0 Å². The van der Waals surface area contributed by atoms with Crippen LogP contribution in [-0.4, -0.2) is 35.0 Å². The number of hydrogen-bond acceptors (Lipinski definition) is 3. The van der Waals surface area contributed by atoms with Crippen LogP contribution in [0.1, 0.15) is 32.6 Å². The van der Waals surface area contributed by atoms with E-state index in [0.717, 1.165) is 18.6 Å². The van der Waals surface area contributed by atoms with Crippen molar-refractivity contribution in [1.82, 2.24) is 5.32 Å². The van der Waals surface area contributed by atoms with Gasteiger partial charge in [-0.15, -0.1) is 0 Å². The predicted octanol–water partition coefficient (Wildman–Crippen LogP) is 1.50. The minimum absolute atomic E-state index is 0.0452. The van der Waals surface area contributed by atoms with Crippen LogP contribution in [0.4, 0.5) is 0 Å². The highest BCUT2D eigenvalue weighted by atomic mass is 32.2. The SMILES string of the molecule is CCCSCC(=O)NCCCCC(=O)O. The zero-order valence-electron chi connectivity index (χ0n) is 9.12. The van der Waals surface area contributed by atoms with Gasteiger partial charge in [0.25, 0.3) is 0 Å². The van der Waals surface area contributed by atoms with Crippen LogP contribution in [-0.2, 0) is 9.59 Å². The first kappa shape index (κ1) is 14.3. The maximum atomic E-state index is 11.2. The molecule has 15 heavy (non-hydrogen) atoms. The van der Waals surface area contributed by atoms with E-state index in [9.17, 15) is 9.59 Å². The quantitative estimate of drug-likeness (QED) is 0.592. The first-order valence-electron chi connectivity index (χ1n) is 5.23. The van der Waals surface area contributed by atoms with Gasteiger partial charge in [-0.1, -0.05) is 6.92 Å². The summed E-state index contributed by atoms with van der Waals surface area (Å²) in [4.78, 5) is 21.3. The van der Waals surface area contributed by atoms with E-state index in [4.69, 9.17) is 5.11 Å². The Hall–Kier alpha value is -0.710. The van der Waals surface area contributed by atoms with Crippen LogP contribution in [0.2, 0.25) is 0 Å². The second-order valence-electron chi connectivity index (χ2n) is 3.25. The molecule has 0 rings (SSSR count). The van der Waals surface area contributed by atoms with Crippen LogP contribution in [0.25, 0.3) is 0 Å². The lowest BCUT2D eigenvalue weighted by Crippen LogP contribution is -2.26. The Morgan fingerprint density at radius 1 is 1.33 bits per heavy atom. The Labute approximate surface area is 94.8 Å². The van der Waals surface area contributed by atoms with E-state index in [1.54, 1.807) is 11.8 Å². The van der Waals surface area contributed by atoms with Crippen molar-refractivity contribution >= 4 is 23.6 Å². The number of unbranched alkanes of at least 4 members (excludes halogenated alkanes) is 1. The molecule has 1 amide bonds. The average Bonchev–Trinajstić information content (AvgIpc) is 2.17. The van der Waals surface area contributed by atoms with Crippen LogP contribution in [0.5, 0.6) is 0 Å². The summed E-state index contributed by atoms with van der Waals surface area (Å²) in [5, 5.41) is 11.1. The zero-order chi connectivity index (χ0) is 11.5. The van der Waals surface area contributed by atoms with Crippen LogP contribution in [0.15, 0.2) is 0 Å². The second kappa shape index (κ2) is 9.83. The van der Waals surface area contributed by atoms with E-state index in [1.807, 2.05) is 0 Å². The molecule has 0 aliphatic heterocycles. The third kappa shape index (κ3) is 11.2. The molecule has 0 aromatic rings. The van der Waals surface area contributed by atoms with E-state index < -0.39 is 5.97 Å². The van der Waals surface area contributed by atoms with Crippen LogP contribution >= 0.6 is 11.8 Å². The number of carbonyl (C=O) groups is 2. The van der Waals surface area contributed by atoms with Gasteiger partial charge in [-0.25, -0.2) is 0 Å². The molecule has 0 atom stereocenters. The van der Waals surface area contributed by atoms with Crippen molar-refractivity contribution in [2.45, 2.75) is 32.6 Å². The molecule has 5 heteroatoms. The fraction of sp³-hybridized carbons (Fsp3) is 0.800. The highest BCUT2D eigenvalue weighted by Crippen LogP contribution is 2.00. The Morgan fingerprint density at radius 2 is 2.07 bits per heavy atom. The zero-order valence-corrected chi connectivity index (χ0v) is 9.94. The molecule has 0 aromatic heterocycles. The van der Waals surface area contributed by atoms with Crippen molar-refractivity contribution < 1.29 is 14.7 Å². The van der Waals surface area contributed by atoms with E-state index in [2.05, 4.69) is 12.2 Å². The summed E-state index contributed by atoms with van der Waals surface area (Å²) in [5.74, 6) is 0.780. The van der Waals surface area contributed by atoms with Gasteiger partial charge in [0.05, 0.1) is 5.75 Å². The molecule has 0 bridgehead atoms. The lowest BCUT2D eigenvalue weighted by molar-refractivity contribution is -0.137. The van der Waals surface area contributed by atoms with Crippen molar-refractivity contribution in [3.05, 3.63) is 0 Å². The number of carboxylic acids is 1. The van der Waals surface area contributed by atoms with Crippen molar-refractivity contribution in [2.75, 3.05) is 18.1 Å². The monoisotopic (exact) mass is 233 g/mol. The molecule has 0 unspecified atom stereocenters. The summed E-state index contributed by atoms with van der Waals surface area (Å²) in [6.07, 6.45) is 2.62. The first-order valence-corrected chi connectivity index (χ1v) is 6.38. The van der Waals surface area contributed by atoms with Gasteiger partial charge in [0.15, 0.2) is 0 Å². The molecule has 0 radical (unpaired) electrons. The van der Waals surface area contributed by atoms with E-state index in [-0.39, 0.29) is 12.3 Å². The Kier molecular flexibility index (Phi) is 9.36. The smallest absolute Gasteiger partial charge is 0.303 e. The van der Waals surface area contributed by atoms with E-state index in [0.29, 0.717) is 18.7 Å². The number of thioether (sulfide) groups is 1. The standard InChI is InChI=1S/C10H19NO3S/c1-2-7-15-8-9(12)11-6-4-3-5-10(13)14/h2-8H2,1H3,(H,11,12)(H,13,14). The Bertz CT molecular complexity index is 197. The number of carboxylic acid groups (broad SMARTS) is 1. The van der Waals surface area contributed by atoms with Gasteiger partial charge < -0.3 is 10.4 Å².